The summed E-state index contributed by atoms with van der Waals surface area (Å²) in [5.74, 6) is 0.217. The van der Waals surface area contributed by atoms with Crippen LogP contribution >= 0.6 is 15.9 Å². The number of rotatable bonds is 4. The molecule has 2 nitrogen and oxygen atoms in total. The highest BCUT2D eigenvalue weighted by Gasteiger charge is 2.08. The van der Waals surface area contributed by atoms with Gasteiger partial charge in [0.15, 0.2) is 5.78 Å². The zero-order chi connectivity index (χ0) is 11.4. The summed E-state index contributed by atoms with van der Waals surface area (Å²) in [6.45, 7) is 0.783. The second kappa shape index (κ2) is 5.21. The van der Waals surface area contributed by atoms with Gasteiger partial charge in [0.1, 0.15) is 12.4 Å². The summed E-state index contributed by atoms with van der Waals surface area (Å²) >= 11 is 3.17. The van der Waals surface area contributed by atoms with E-state index >= 15 is 0 Å². The van der Waals surface area contributed by atoms with Crippen molar-refractivity contribution < 1.29 is 18.3 Å². The molecule has 0 saturated heterocycles. The Labute approximate surface area is 94.4 Å². The predicted octanol–water partition coefficient (Wildman–Crippen LogP) is 3.30. The van der Waals surface area contributed by atoms with Crippen molar-refractivity contribution in [2.75, 3.05) is 6.61 Å². The molecule has 1 rings (SSSR count). The number of hydrogen-bond acceptors (Lipinski definition) is 2. The van der Waals surface area contributed by atoms with Gasteiger partial charge in [0, 0.05) is 10.0 Å². The largest absolute Gasteiger partial charge is 0.488 e. The molecule has 5 heteroatoms. The summed E-state index contributed by atoms with van der Waals surface area (Å²) in [6.07, 6.45) is -2.50. The van der Waals surface area contributed by atoms with Crippen molar-refractivity contribution in [3.63, 3.8) is 0 Å². The molecular formula is C10H9BrF2O2. The third-order valence-corrected chi connectivity index (χ3v) is 2.35. The molecule has 0 unspecified atom stereocenters. The molecule has 0 atom stereocenters. The SMILES string of the molecule is CC(=O)c1ccc(OCC(F)F)cc1Br. The van der Waals surface area contributed by atoms with E-state index in [1.807, 2.05) is 0 Å². The van der Waals surface area contributed by atoms with Crippen LogP contribution in [0.4, 0.5) is 8.78 Å². The van der Waals surface area contributed by atoms with Crippen molar-refractivity contribution >= 4 is 21.7 Å². The molecule has 15 heavy (non-hydrogen) atoms. The van der Waals surface area contributed by atoms with Gasteiger partial charge in [-0.1, -0.05) is 0 Å². The van der Waals surface area contributed by atoms with E-state index in [-0.39, 0.29) is 5.78 Å². The third kappa shape index (κ3) is 3.58. The first-order valence-corrected chi connectivity index (χ1v) is 5.01. The Morgan fingerprint density at radius 1 is 1.53 bits per heavy atom. The lowest BCUT2D eigenvalue weighted by Gasteiger charge is -2.07. The van der Waals surface area contributed by atoms with Crippen molar-refractivity contribution in [3.8, 4) is 5.75 Å². The summed E-state index contributed by atoms with van der Waals surface area (Å²) < 4.78 is 29.0. The van der Waals surface area contributed by atoms with Crippen LogP contribution in [0.3, 0.4) is 0 Å². The summed E-state index contributed by atoms with van der Waals surface area (Å²) in [7, 11) is 0. The fourth-order valence-electron chi connectivity index (χ4n) is 1.03. The molecule has 0 amide bonds. The van der Waals surface area contributed by atoms with E-state index < -0.39 is 13.0 Å². The molecule has 0 bridgehead atoms. The van der Waals surface area contributed by atoms with Crippen LogP contribution in [0.2, 0.25) is 0 Å². The van der Waals surface area contributed by atoms with Crippen molar-refractivity contribution in [2.24, 2.45) is 0 Å². The highest BCUT2D eigenvalue weighted by atomic mass is 79.9. The van der Waals surface area contributed by atoms with E-state index in [1.165, 1.54) is 25.1 Å². The lowest BCUT2D eigenvalue weighted by Crippen LogP contribution is -2.07. The quantitative estimate of drug-likeness (QED) is 0.790. The smallest absolute Gasteiger partial charge is 0.272 e. The lowest BCUT2D eigenvalue weighted by molar-refractivity contribution is 0.0818. The number of carbonyl (C=O) groups is 1. The van der Waals surface area contributed by atoms with Gasteiger partial charge >= 0.3 is 0 Å². The van der Waals surface area contributed by atoms with E-state index in [9.17, 15) is 13.6 Å². The average molecular weight is 279 g/mol. The summed E-state index contributed by atoms with van der Waals surface area (Å²) in [6, 6.07) is 4.52. The molecular weight excluding hydrogens is 270 g/mol. The van der Waals surface area contributed by atoms with Gasteiger partial charge in [-0.3, -0.25) is 4.79 Å². The fraction of sp³-hybridized carbons (Fsp3) is 0.300. The molecule has 1 aromatic rings. The Balaban J connectivity index is 2.78. The predicted molar refractivity (Wildman–Crippen MR) is 55.6 cm³/mol. The summed E-state index contributed by atoms with van der Waals surface area (Å²) in [5.41, 5.74) is 0.499. The van der Waals surface area contributed by atoms with E-state index in [2.05, 4.69) is 15.9 Å². The van der Waals surface area contributed by atoms with E-state index in [0.29, 0.717) is 15.8 Å². The average Bonchev–Trinajstić information content (AvgIpc) is 2.14. The highest BCUT2D eigenvalue weighted by molar-refractivity contribution is 9.10. The van der Waals surface area contributed by atoms with Crippen LogP contribution in [0.15, 0.2) is 22.7 Å². The van der Waals surface area contributed by atoms with Gasteiger partial charge in [0.05, 0.1) is 0 Å². The Kier molecular flexibility index (Phi) is 4.20. The van der Waals surface area contributed by atoms with Crippen molar-refractivity contribution in [2.45, 2.75) is 13.3 Å². The van der Waals surface area contributed by atoms with Gasteiger partial charge in [0.25, 0.3) is 6.43 Å². The van der Waals surface area contributed by atoms with Crippen LogP contribution < -0.4 is 4.74 Å². The van der Waals surface area contributed by atoms with Crippen LogP contribution in [0.25, 0.3) is 0 Å². The van der Waals surface area contributed by atoms with Crippen molar-refractivity contribution in [1.82, 2.24) is 0 Å². The fourth-order valence-corrected chi connectivity index (χ4v) is 1.67. The minimum Gasteiger partial charge on any atom is -0.488 e. The van der Waals surface area contributed by atoms with Gasteiger partial charge < -0.3 is 4.74 Å². The molecule has 0 heterocycles. The van der Waals surface area contributed by atoms with Crippen molar-refractivity contribution in [3.05, 3.63) is 28.2 Å². The standard InChI is InChI=1S/C10H9BrF2O2/c1-6(14)8-3-2-7(4-9(8)11)15-5-10(12)13/h2-4,10H,5H2,1H3. The molecule has 0 aromatic heterocycles. The molecule has 0 N–H and O–H groups in total. The van der Waals surface area contributed by atoms with Gasteiger partial charge in [-0.2, -0.15) is 0 Å². The minimum atomic E-state index is -2.50. The molecule has 1 aromatic carbocycles. The van der Waals surface area contributed by atoms with Gasteiger partial charge in [0.2, 0.25) is 0 Å². The lowest BCUT2D eigenvalue weighted by atomic mass is 10.1. The van der Waals surface area contributed by atoms with Crippen LogP contribution in [0, 0.1) is 0 Å². The maximum absolute atomic E-state index is 11.8. The number of benzene rings is 1. The molecule has 82 valence electrons. The molecule has 0 aliphatic heterocycles. The number of alkyl halides is 2. The Bertz CT molecular complexity index is 366. The van der Waals surface area contributed by atoms with E-state index in [4.69, 9.17) is 4.74 Å². The second-order valence-electron chi connectivity index (χ2n) is 2.90. The normalized spacial score (nSPS) is 10.5. The van der Waals surface area contributed by atoms with Crippen molar-refractivity contribution in [1.29, 1.82) is 0 Å². The minimum absolute atomic E-state index is 0.0951. The van der Waals surface area contributed by atoms with Crippen LogP contribution in [-0.4, -0.2) is 18.8 Å². The number of carbonyl (C=O) groups excluding carboxylic acids is 1. The van der Waals surface area contributed by atoms with Crippen LogP contribution in [0.1, 0.15) is 17.3 Å². The zero-order valence-corrected chi connectivity index (χ0v) is 9.55. The van der Waals surface area contributed by atoms with Gasteiger partial charge in [-0.15, -0.1) is 0 Å². The maximum Gasteiger partial charge on any atom is 0.272 e. The second-order valence-corrected chi connectivity index (χ2v) is 3.75. The number of Topliss-reactive ketones (excluding diaryl/α,β-unsaturated/α-hetero) is 1. The molecule has 0 radical (unpaired) electrons. The maximum atomic E-state index is 11.8. The zero-order valence-electron chi connectivity index (χ0n) is 7.97. The first kappa shape index (κ1) is 12.1. The third-order valence-electron chi connectivity index (χ3n) is 1.70. The summed E-state index contributed by atoms with van der Waals surface area (Å²) in [4.78, 5) is 11.1. The summed E-state index contributed by atoms with van der Waals surface area (Å²) in [5, 5.41) is 0. The number of hydrogen-bond donors (Lipinski definition) is 0. The van der Waals surface area contributed by atoms with E-state index in [0.717, 1.165) is 0 Å². The topological polar surface area (TPSA) is 26.3 Å². The number of ether oxygens (including phenoxy) is 1. The Morgan fingerprint density at radius 2 is 2.20 bits per heavy atom. The van der Waals surface area contributed by atoms with Gasteiger partial charge in [-0.05, 0) is 41.1 Å². The Hall–Kier alpha value is -0.970. The molecule has 0 fully saturated rings. The highest BCUT2D eigenvalue weighted by Crippen LogP contribution is 2.23. The van der Waals surface area contributed by atoms with E-state index in [1.54, 1.807) is 0 Å². The number of halogens is 3. The molecule has 0 saturated carbocycles. The monoisotopic (exact) mass is 278 g/mol. The first-order chi connectivity index (χ1) is 7.00. The molecule has 0 aliphatic rings. The van der Waals surface area contributed by atoms with Gasteiger partial charge in [-0.25, -0.2) is 8.78 Å². The number of ketones is 1. The molecule has 0 aliphatic carbocycles. The Morgan fingerprint density at radius 3 is 2.67 bits per heavy atom. The molecule has 0 spiro atoms. The first-order valence-electron chi connectivity index (χ1n) is 4.22. The van der Waals surface area contributed by atoms with Crippen LogP contribution in [-0.2, 0) is 0 Å². The van der Waals surface area contributed by atoms with Crippen LogP contribution in [0.5, 0.6) is 5.75 Å².